The first-order valence-corrected chi connectivity index (χ1v) is 8.51. The maximum Gasteiger partial charge on any atom is 0.279 e. The van der Waals surface area contributed by atoms with Crippen molar-refractivity contribution in [2.24, 2.45) is 0 Å². The summed E-state index contributed by atoms with van der Waals surface area (Å²) in [4.78, 5) is 13.4. The molecule has 1 aromatic carbocycles. The molecule has 0 unspecified atom stereocenters. The van der Waals surface area contributed by atoms with E-state index in [1.165, 1.54) is 25.7 Å². The van der Waals surface area contributed by atoms with Crippen molar-refractivity contribution in [2.45, 2.75) is 36.6 Å². The van der Waals surface area contributed by atoms with Crippen LogP contribution in [0.25, 0.3) is 0 Å². The van der Waals surface area contributed by atoms with E-state index in [0.29, 0.717) is 12.6 Å². The van der Waals surface area contributed by atoms with Crippen LogP contribution in [0.1, 0.15) is 25.7 Å². The molecule has 0 bridgehead atoms. The van der Waals surface area contributed by atoms with E-state index >= 15 is 0 Å². The molecule has 0 radical (unpaired) electrons. The second-order valence-corrected chi connectivity index (χ2v) is 6.97. The highest BCUT2D eigenvalue weighted by Gasteiger charge is 2.33. The van der Waals surface area contributed by atoms with Gasteiger partial charge < -0.3 is 9.80 Å². The van der Waals surface area contributed by atoms with E-state index in [0.717, 1.165) is 15.1 Å². The maximum atomic E-state index is 12.3. The summed E-state index contributed by atoms with van der Waals surface area (Å²) in [5.41, 5.74) is 0.927. The predicted molar refractivity (Wildman–Crippen MR) is 86.1 cm³/mol. The molecule has 0 aliphatic heterocycles. The highest BCUT2D eigenvalue weighted by molar-refractivity contribution is 7.98. The summed E-state index contributed by atoms with van der Waals surface area (Å²) in [5.74, 6) is 0.114. The Hall–Kier alpha value is -1.00. The summed E-state index contributed by atoms with van der Waals surface area (Å²) in [7, 11) is 4.35. The molecule has 2 rings (SSSR count). The van der Waals surface area contributed by atoms with E-state index in [-0.39, 0.29) is 5.91 Å². The number of hydrogen-bond acceptors (Lipinski definition) is 2. The van der Waals surface area contributed by atoms with Gasteiger partial charge in [-0.2, -0.15) is 0 Å². The molecular weight excluding hydrogens is 268 g/mol. The minimum absolute atomic E-state index is 0.114. The summed E-state index contributed by atoms with van der Waals surface area (Å²) in [5, 5.41) is 3.07. The van der Waals surface area contributed by atoms with E-state index in [2.05, 4.69) is 19.4 Å². The van der Waals surface area contributed by atoms with Gasteiger partial charge >= 0.3 is 0 Å². The molecule has 0 heterocycles. The average molecular weight is 293 g/mol. The Morgan fingerprint density at radius 2 is 1.95 bits per heavy atom. The predicted octanol–water partition coefficient (Wildman–Crippen LogP) is 3.37. The minimum Gasteiger partial charge on any atom is -0.320 e. The van der Waals surface area contributed by atoms with Crippen LogP contribution in [0.5, 0.6) is 0 Å². The van der Waals surface area contributed by atoms with Crippen molar-refractivity contribution >= 4 is 23.4 Å². The van der Waals surface area contributed by atoms with Crippen molar-refractivity contribution in [1.29, 1.82) is 0 Å². The summed E-state index contributed by atoms with van der Waals surface area (Å²) >= 11 is 1.66. The Labute approximate surface area is 126 Å². The molecule has 0 atom stereocenters. The largest absolute Gasteiger partial charge is 0.320 e. The fraction of sp³-hybridized carbons (Fsp3) is 0.562. The zero-order chi connectivity index (χ0) is 14.6. The van der Waals surface area contributed by atoms with Crippen molar-refractivity contribution < 1.29 is 9.28 Å². The first kappa shape index (κ1) is 15.4. The van der Waals surface area contributed by atoms with Crippen molar-refractivity contribution in [2.75, 3.05) is 32.2 Å². The smallest absolute Gasteiger partial charge is 0.279 e. The Morgan fingerprint density at radius 3 is 2.60 bits per heavy atom. The van der Waals surface area contributed by atoms with Gasteiger partial charge in [-0.05, 0) is 44.1 Å². The zero-order valence-corrected chi connectivity index (χ0v) is 13.5. The molecule has 1 saturated carbocycles. The molecule has 3 nitrogen and oxygen atoms in total. The van der Waals surface area contributed by atoms with Crippen LogP contribution in [0.4, 0.5) is 5.69 Å². The first-order chi connectivity index (χ1) is 9.53. The molecule has 4 heteroatoms. The fourth-order valence-corrected chi connectivity index (χ4v) is 3.59. The molecule has 1 aliphatic rings. The normalized spacial score (nSPS) is 16.4. The van der Waals surface area contributed by atoms with Crippen LogP contribution in [0.15, 0.2) is 29.2 Å². The molecule has 0 aromatic heterocycles. The van der Waals surface area contributed by atoms with Gasteiger partial charge in [0.25, 0.3) is 5.91 Å². The number of thioether (sulfide) groups is 1. The molecule has 20 heavy (non-hydrogen) atoms. The van der Waals surface area contributed by atoms with Crippen molar-refractivity contribution in [3.63, 3.8) is 0 Å². The molecule has 1 amide bonds. The van der Waals surface area contributed by atoms with Crippen molar-refractivity contribution in [1.82, 2.24) is 0 Å². The zero-order valence-electron chi connectivity index (χ0n) is 12.7. The number of para-hydroxylation sites is 1. The Kier molecular flexibility index (Phi) is 5.11. The fourth-order valence-electron chi connectivity index (χ4n) is 3.04. The molecular formula is C16H25N2OS+. The molecule has 110 valence electrons. The van der Waals surface area contributed by atoms with Gasteiger partial charge in [-0.3, -0.25) is 4.79 Å². The lowest BCUT2D eigenvalue weighted by molar-refractivity contribution is -0.906. The van der Waals surface area contributed by atoms with Crippen LogP contribution in [0.2, 0.25) is 0 Å². The number of carbonyl (C=O) groups excluding carboxylic acids is 1. The topological polar surface area (TPSA) is 29.1 Å². The van der Waals surface area contributed by atoms with Crippen LogP contribution in [-0.2, 0) is 4.79 Å². The van der Waals surface area contributed by atoms with E-state index in [1.54, 1.807) is 11.8 Å². The summed E-state index contributed by atoms with van der Waals surface area (Å²) in [6.45, 7) is 0.549. The second-order valence-electron chi connectivity index (χ2n) is 6.12. The number of anilines is 1. The molecule has 1 fully saturated rings. The molecule has 1 aliphatic carbocycles. The summed E-state index contributed by atoms with van der Waals surface area (Å²) in [6, 6.07) is 8.61. The van der Waals surface area contributed by atoms with Crippen LogP contribution in [0.3, 0.4) is 0 Å². The van der Waals surface area contributed by atoms with Crippen LogP contribution in [0, 0.1) is 0 Å². The van der Waals surface area contributed by atoms with Gasteiger partial charge in [0.2, 0.25) is 0 Å². The van der Waals surface area contributed by atoms with Crippen molar-refractivity contribution in [3.05, 3.63) is 24.3 Å². The van der Waals surface area contributed by atoms with Crippen LogP contribution in [-0.4, -0.2) is 43.3 Å². The lowest BCUT2D eigenvalue weighted by Gasteiger charge is -2.35. The van der Waals surface area contributed by atoms with Gasteiger partial charge in [0.15, 0.2) is 6.54 Å². The Morgan fingerprint density at radius 1 is 1.30 bits per heavy atom. The van der Waals surface area contributed by atoms with Crippen LogP contribution >= 0.6 is 11.8 Å². The standard InChI is InChI=1S/C16H24N2OS/c1-18(2,13-8-4-5-9-13)12-16(19)17-14-10-6-7-11-15(14)20-3/h6-7,10-11,13H,4-5,8-9,12H2,1-3H3/p+1. The van der Waals surface area contributed by atoms with Crippen molar-refractivity contribution in [3.8, 4) is 0 Å². The van der Waals surface area contributed by atoms with E-state index in [9.17, 15) is 4.79 Å². The number of rotatable bonds is 5. The summed E-state index contributed by atoms with van der Waals surface area (Å²) in [6.07, 6.45) is 7.15. The average Bonchev–Trinajstić information content (AvgIpc) is 2.93. The monoisotopic (exact) mass is 293 g/mol. The molecule has 0 spiro atoms. The lowest BCUT2D eigenvalue weighted by atomic mass is 10.2. The maximum absolute atomic E-state index is 12.3. The number of nitrogens with one attached hydrogen (secondary N) is 1. The number of amides is 1. The third-order valence-electron chi connectivity index (χ3n) is 4.25. The van der Waals surface area contributed by atoms with Gasteiger partial charge in [0.05, 0.1) is 25.8 Å². The van der Waals surface area contributed by atoms with E-state index < -0.39 is 0 Å². The lowest BCUT2D eigenvalue weighted by Crippen LogP contribution is -2.51. The SMILES string of the molecule is CSc1ccccc1NC(=O)C[N+](C)(C)C1CCCC1. The van der Waals surface area contributed by atoms with E-state index in [4.69, 9.17) is 0 Å². The van der Waals surface area contributed by atoms with Gasteiger partial charge in [-0.1, -0.05) is 12.1 Å². The van der Waals surface area contributed by atoms with Gasteiger partial charge in [0, 0.05) is 4.90 Å². The number of quaternary nitrogens is 1. The quantitative estimate of drug-likeness (QED) is 0.666. The minimum atomic E-state index is 0.114. The number of benzene rings is 1. The number of carbonyl (C=O) groups is 1. The number of likely N-dealkylation sites (N-methyl/N-ethyl adjacent to an activating group) is 1. The highest BCUT2D eigenvalue weighted by Crippen LogP contribution is 2.27. The first-order valence-electron chi connectivity index (χ1n) is 7.28. The molecule has 0 saturated heterocycles. The second kappa shape index (κ2) is 6.64. The van der Waals surface area contributed by atoms with Gasteiger partial charge in [-0.25, -0.2) is 0 Å². The third kappa shape index (κ3) is 3.76. The Balaban J connectivity index is 1.98. The Bertz CT molecular complexity index is 467. The molecule has 1 aromatic rings. The molecule has 1 N–H and O–H groups in total. The third-order valence-corrected chi connectivity index (χ3v) is 5.04. The highest BCUT2D eigenvalue weighted by atomic mass is 32.2. The number of nitrogens with zero attached hydrogens (tertiary/aromatic N) is 1. The van der Waals surface area contributed by atoms with Gasteiger partial charge in [0.1, 0.15) is 0 Å². The summed E-state index contributed by atoms with van der Waals surface area (Å²) < 4.78 is 0.799. The van der Waals surface area contributed by atoms with Crippen LogP contribution < -0.4 is 5.32 Å². The number of hydrogen-bond donors (Lipinski definition) is 1. The van der Waals surface area contributed by atoms with E-state index in [1.807, 2.05) is 30.5 Å². The van der Waals surface area contributed by atoms with Gasteiger partial charge in [-0.15, -0.1) is 11.8 Å².